The van der Waals surface area contributed by atoms with Gasteiger partial charge in [-0.05, 0) is 18.6 Å². The number of aromatic nitrogens is 1. The van der Waals surface area contributed by atoms with E-state index >= 15 is 4.39 Å². The number of piperidine rings is 1. The number of likely N-dealkylation sites (tertiary alicyclic amines) is 1. The Morgan fingerprint density at radius 1 is 1.17 bits per heavy atom. The van der Waals surface area contributed by atoms with Crippen LogP contribution < -0.4 is 0 Å². The van der Waals surface area contributed by atoms with Gasteiger partial charge >= 0.3 is 0 Å². The third kappa shape index (κ3) is 3.26. The van der Waals surface area contributed by atoms with Gasteiger partial charge in [0, 0.05) is 51.4 Å². The summed E-state index contributed by atoms with van der Waals surface area (Å²) < 4.78 is 20.3. The summed E-state index contributed by atoms with van der Waals surface area (Å²) >= 11 is 0. The molecule has 3 rings (SSSR count). The first-order valence-corrected chi connectivity index (χ1v) is 8.27. The first kappa shape index (κ1) is 16.8. The topological polar surface area (TPSA) is 62.7 Å². The van der Waals surface area contributed by atoms with Crippen LogP contribution in [0.3, 0.4) is 0 Å². The fraction of sp³-hybridized carbons (Fsp3) is 0.588. The lowest BCUT2D eigenvalue weighted by molar-refractivity contribution is -0.151. The smallest absolute Gasteiger partial charge is 0.260 e. The minimum Gasteiger partial charge on any atom is -0.378 e. The maximum absolute atomic E-state index is 15.1. The van der Waals surface area contributed by atoms with Gasteiger partial charge in [-0.25, -0.2) is 4.39 Å². The summed E-state index contributed by atoms with van der Waals surface area (Å²) in [6.07, 6.45) is 3.24. The predicted octanol–water partition coefficient (Wildman–Crippen LogP) is 1.19. The molecular weight excluding hydrogens is 313 g/mol. The summed E-state index contributed by atoms with van der Waals surface area (Å²) in [5.41, 5.74) is -0.502. The summed E-state index contributed by atoms with van der Waals surface area (Å²) in [6, 6.07) is 1.78. The van der Waals surface area contributed by atoms with Gasteiger partial charge in [0.1, 0.15) is 0 Å². The normalized spacial score (nSPS) is 20.8. The summed E-state index contributed by atoms with van der Waals surface area (Å²) in [6.45, 7) is 4.09. The molecule has 0 aliphatic carbocycles. The van der Waals surface area contributed by atoms with Gasteiger partial charge in [-0.3, -0.25) is 14.6 Å². The molecule has 2 aliphatic rings. The minimum absolute atomic E-state index is 0.0360. The molecule has 0 spiro atoms. The van der Waals surface area contributed by atoms with E-state index in [2.05, 4.69) is 4.98 Å². The van der Waals surface area contributed by atoms with Crippen LogP contribution in [0.5, 0.6) is 0 Å². The average molecular weight is 335 g/mol. The Morgan fingerprint density at radius 3 is 2.46 bits per heavy atom. The molecule has 2 aliphatic heterocycles. The molecule has 2 amide bonds. The zero-order valence-corrected chi connectivity index (χ0v) is 13.8. The van der Waals surface area contributed by atoms with Gasteiger partial charge < -0.3 is 14.5 Å². The number of aryl methyl sites for hydroxylation is 1. The number of pyridine rings is 1. The van der Waals surface area contributed by atoms with E-state index in [9.17, 15) is 9.59 Å². The molecule has 2 fully saturated rings. The Morgan fingerprint density at radius 2 is 1.83 bits per heavy atom. The molecule has 6 nitrogen and oxygen atoms in total. The Kier molecular flexibility index (Phi) is 4.80. The third-order valence-corrected chi connectivity index (χ3v) is 4.79. The van der Waals surface area contributed by atoms with Crippen LogP contribution in [0, 0.1) is 6.92 Å². The van der Waals surface area contributed by atoms with Crippen molar-refractivity contribution < 1.29 is 18.7 Å². The van der Waals surface area contributed by atoms with Crippen LogP contribution in [0.25, 0.3) is 0 Å². The van der Waals surface area contributed by atoms with Crippen LogP contribution in [0.4, 0.5) is 4.39 Å². The highest BCUT2D eigenvalue weighted by atomic mass is 19.1. The van der Waals surface area contributed by atoms with Gasteiger partial charge in [-0.15, -0.1) is 0 Å². The highest BCUT2D eigenvalue weighted by Crippen LogP contribution is 2.30. The van der Waals surface area contributed by atoms with Gasteiger partial charge in [-0.2, -0.15) is 0 Å². The zero-order valence-electron chi connectivity index (χ0n) is 13.8. The SMILES string of the molecule is Cc1ccncc1C(=O)N1CCC(F)(C(=O)N2CCOCC2)CC1. The second kappa shape index (κ2) is 6.84. The van der Waals surface area contributed by atoms with Crippen molar-refractivity contribution in [2.24, 2.45) is 0 Å². The van der Waals surface area contributed by atoms with Crippen molar-refractivity contribution in [2.75, 3.05) is 39.4 Å². The van der Waals surface area contributed by atoms with Crippen LogP contribution in [0.1, 0.15) is 28.8 Å². The monoisotopic (exact) mass is 335 g/mol. The number of hydrogen-bond donors (Lipinski definition) is 0. The quantitative estimate of drug-likeness (QED) is 0.815. The Hall–Kier alpha value is -2.02. The molecule has 0 aromatic carbocycles. The molecule has 0 saturated carbocycles. The van der Waals surface area contributed by atoms with Crippen molar-refractivity contribution in [1.29, 1.82) is 0 Å². The number of nitrogens with zero attached hydrogens (tertiary/aromatic N) is 3. The van der Waals surface area contributed by atoms with E-state index in [0.29, 0.717) is 31.9 Å². The minimum atomic E-state index is -1.88. The Balaban J connectivity index is 1.63. The van der Waals surface area contributed by atoms with Crippen molar-refractivity contribution in [3.05, 3.63) is 29.6 Å². The molecule has 1 aromatic heterocycles. The Bertz CT molecular complexity index is 623. The van der Waals surface area contributed by atoms with E-state index < -0.39 is 11.6 Å². The first-order chi connectivity index (χ1) is 11.5. The molecule has 1 aromatic rings. The molecule has 7 heteroatoms. The summed E-state index contributed by atoms with van der Waals surface area (Å²) in [5.74, 6) is -0.614. The molecule has 0 atom stereocenters. The maximum atomic E-state index is 15.1. The van der Waals surface area contributed by atoms with Crippen molar-refractivity contribution >= 4 is 11.8 Å². The largest absolute Gasteiger partial charge is 0.378 e. The van der Waals surface area contributed by atoms with Crippen LogP contribution in [-0.2, 0) is 9.53 Å². The van der Waals surface area contributed by atoms with Crippen molar-refractivity contribution in [2.45, 2.75) is 25.4 Å². The second-order valence-electron chi connectivity index (χ2n) is 6.35. The lowest BCUT2D eigenvalue weighted by Crippen LogP contribution is -2.55. The summed E-state index contributed by atoms with van der Waals surface area (Å²) in [4.78, 5) is 32.1. The van der Waals surface area contributed by atoms with Crippen molar-refractivity contribution in [3.63, 3.8) is 0 Å². The highest BCUT2D eigenvalue weighted by molar-refractivity contribution is 5.95. The number of amides is 2. The number of carbonyl (C=O) groups excluding carboxylic acids is 2. The van der Waals surface area contributed by atoms with E-state index in [0.717, 1.165) is 5.56 Å². The summed E-state index contributed by atoms with van der Waals surface area (Å²) in [7, 11) is 0. The molecule has 0 bridgehead atoms. The highest BCUT2D eigenvalue weighted by Gasteiger charge is 2.45. The van der Waals surface area contributed by atoms with E-state index in [1.54, 1.807) is 17.2 Å². The lowest BCUT2D eigenvalue weighted by Gasteiger charge is -2.39. The summed E-state index contributed by atoms with van der Waals surface area (Å²) in [5, 5.41) is 0. The van der Waals surface area contributed by atoms with Gasteiger partial charge in [0.05, 0.1) is 18.8 Å². The molecule has 0 radical (unpaired) electrons. The number of morpholine rings is 1. The van der Waals surface area contributed by atoms with Gasteiger partial charge in [0.25, 0.3) is 11.8 Å². The molecular formula is C17H22FN3O3. The van der Waals surface area contributed by atoms with E-state index in [-0.39, 0.29) is 31.8 Å². The standard InChI is InChI=1S/C17H22FN3O3/c1-13-2-5-19-12-14(13)15(22)20-6-3-17(18,4-7-20)16(23)21-8-10-24-11-9-21/h2,5,12H,3-4,6-11H2,1H3. The van der Waals surface area contributed by atoms with E-state index in [4.69, 9.17) is 4.74 Å². The van der Waals surface area contributed by atoms with Crippen LogP contribution in [0.2, 0.25) is 0 Å². The predicted molar refractivity (Wildman–Crippen MR) is 85.3 cm³/mol. The van der Waals surface area contributed by atoms with Crippen LogP contribution in [0.15, 0.2) is 18.5 Å². The second-order valence-corrected chi connectivity index (χ2v) is 6.35. The number of rotatable bonds is 2. The fourth-order valence-corrected chi connectivity index (χ4v) is 3.19. The molecule has 3 heterocycles. The van der Waals surface area contributed by atoms with Crippen molar-refractivity contribution in [1.82, 2.24) is 14.8 Å². The van der Waals surface area contributed by atoms with Gasteiger partial charge in [0.15, 0.2) is 5.67 Å². The average Bonchev–Trinajstić information content (AvgIpc) is 2.62. The maximum Gasteiger partial charge on any atom is 0.260 e. The van der Waals surface area contributed by atoms with Gasteiger partial charge in [0.2, 0.25) is 0 Å². The van der Waals surface area contributed by atoms with E-state index in [1.165, 1.54) is 11.1 Å². The molecule has 0 N–H and O–H groups in total. The first-order valence-electron chi connectivity index (χ1n) is 8.27. The number of alkyl halides is 1. The molecule has 2 saturated heterocycles. The van der Waals surface area contributed by atoms with Gasteiger partial charge in [-0.1, -0.05) is 0 Å². The number of halogens is 1. The van der Waals surface area contributed by atoms with Crippen molar-refractivity contribution in [3.8, 4) is 0 Å². The number of ether oxygens (including phenoxy) is 1. The molecule has 130 valence electrons. The number of hydrogen-bond acceptors (Lipinski definition) is 4. The molecule has 0 unspecified atom stereocenters. The van der Waals surface area contributed by atoms with Crippen LogP contribution >= 0.6 is 0 Å². The van der Waals surface area contributed by atoms with E-state index in [1.807, 2.05) is 6.92 Å². The third-order valence-electron chi connectivity index (χ3n) is 4.79. The zero-order chi connectivity index (χ0) is 17.2. The number of carbonyl (C=O) groups is 2. The van der Waals surface area contributed by atoms with Crippen LogP contribution in [-0.4, -0.2) is 71.7 Å². The fourth-order valence-electron chi connectivity index (χ4n) is 3.19. The lowest BCUT2D eigenvalue weighted by atomic mass is 9.91. The Labute approximate surface area is 140 Å². The molecule has 24 heavy (non-hydrogen) atoms.